The van der Waals surface area contributed by atoms with Crippen molar-refractivity contribution in [3.05, 3.63) is 29.8 Å². The zero-order chi connectivity index (χ0) is 26.2. The van der Waals surface area contributed by atoms with E-state index in [1.165, 1.54) is 0 Å². The van der Waals surface area contributed by atoms with Gasteiger partial charge in [-0.3, -0.25) is 13.9 Å². The Morgan fingerprint density at radius 2 is 1.50 bits per heavy atom. The van der Waals surface area contributed by atoms with E-state index in [0.29, 0.717) is 30.4 Å². The van der Waals surface area contributed by atoms with E-state index in [0.717, 1.165) is 5.69 Å². The Hall–Kier alpha value is -1.20. The topological polar surface area (TPSA) is 205 Å². The lowest BCUT2D eigenvalue weighted by Crippen LogP contribution is -2.42. The van der Waals surface area contributed by atoms with E-state index in [9.17, 15) is 28.9 Å². The van der Waals surface area contributed by atoms with Gasteiger partial charge in [-0.15, -0.1) is 23.2 Å². The van der Waals surface area contributed by atoms with Crippen molar-refractivity contribution in [2.75, 3.05) is 29.7 Å². The van der Waals surface area contributed by atoms with Crippen molar-refractivity contribution in [2.45, 2.75) is 36.8 Å². The highest BCUT2D eigenvalue weighted by molar-refractivity contribution is 7.72. The lowest BCUT2D eigenvalue weighted by atomic mass is 10.0. The number of alkyl halides is 2. The van der Waals surface area contributed by atoms with Crippen LogP contribution < -0.4 is 10.2 Å². The number of carboxylic acid groups (broad SMARTS) is 1. The molecule has 1 rings (SSSR count). The summed E-state index contributed by atoms with van der Waals surface area (Å²) in [5, 5.41) is 17.9. The van der Waals surface area contributed by atoms with Crippen LogP contribution in [0, 0.1) is 0 Å². The summed E-state index contributed by atoms with van der Waals surface area (Å²) in [6, 6.07) is 5.57. The summed E-state index contributed by atoms with van der Waals surface area (Å²) >= 11 is 11.6. The number of hydrogen-bond acceptors (Lipinski definition) is 6. The minimum atomic E-state index is -5.63. The number of rotatable bonds is 15. The Morgan fingerprint density at radius 1 is 1.00 bits per heavy atom. The summed E-state index contributed by atoms with van der Waals surface area (Å²) < 4.78 is 22.7. The number of carboxylic acids is 1. The van der Waals surface area contributed by atoms with Crippen molar-refractivity contribution in [1.82, 2.24) is 5.32 Å². The molecule has 0 aliphatic carbocycles. The molecule has 16 heteroatoms. The molecule has 0 radical (unpaired) electrons. The van der Waals surface area contributed by atoms with Crippen LogP contribution in [-0.2, 0) is 25.1 Å². The largest absolute Gasteiger partial charge is 0.480 e. The van der Waals surface area contributed by atoms with Crippen LogP contribution in [0.2, 0.25) is 0 Å². The van der Waals surface area contributed by atoms with Gasteiger partial charge in [-0.2, -0.15) is 0 Å². The molecular formula is C18H28Cl2N2O10P2. The molecule has 0 aromatic heterocycles. The summed E-state index contributed by atoms with van der Waals surface area (Å²) in [4.78, 5) is 62.1. The van der Waals surface area contributed by atoms with Gasteiger partial charge in [-0.05, 0) is 24.1 Å². The predicted molar refractivity (Wildman–Crippen MR) is 126 cm³/mol. The zero-order valence-electron chi connectivity index (χ0n) is 18.0. The van der Waals surface area contributed by atoms with Crippen LogP contribution in [0.25, 0.3) is 0 Å². The van der Waals surface area contributed by atoms with Crippen LogP contribution in [0.5, 0.6) is 0 Å². The van der Waals surface area contributed by atoms with E-state index in [1.54, 1.807) is 24.3 Å². The number of carbonyl (C=O) groups is 2. The molecule has 1 aromatic carbocycles. The third kappa shape index (κ3) is 8.78. The Labute approximate surface area is 206 Å². The molecule has 0 saturated heterocycles. The molecule has 12 nitrogen and oxygen atoms in total. The molecule has 0 saturated carbocycles. The van der Waals surface area contributed by atoms with Crippen molar-refractivity contribution in [1.29, 1.82) is 0 Å². The molecule has 0 bridgehead atoms. The number of amides is 1. The minimum absolute atomic E-state index is 0.0682. The molecule has 0 spiro atoms. The van der Waals surface area contributed by atoms with Crippen LogP contribution >= 0.6 is 38.4 Å². The lowest BCUT2D eigenvalue weighted by molar-refractivity contribution is -0.141. The molecule has 1 aromatic rings. The van der Waals surface area contributed by atoms with Crippen molar-refractivity contribution >= 4 is 56.0 Å². The molecule has 194 valence electrons. The van der Waals surface area contributed by atoms with Gasteiger partial charge in [0.2, 0.25) is 5.91 Å². The van der Waals surface area contributed by atoms with E-state index >= 15 is 0 Å². The van der Waals surface area contributed by atoms with Crippen molar-refractivity contribution in [3.63, 3.8) is 0 Å². The second-order valence-corrected chi connectivity index (χ2v) is 12.2. The van der Waals surface area contributed by atoms with Crippen LogP contribution in [0.4, 0.5) is 5.69 Å². The summed E-state index contributed by atoms with van der Waals surface area (Å²) in [6.07, 6.45) is -2.19. The average molecular weight is 565 g/mol. The fourth-order valence-electron chi connectivity index (χ4n) is 3.07. The number of aliphatic hydroxyl groups is 1. The predicted octanol–water partition coefficient (Wildman–Crippen LogP) is 1.25. The first kappa shape index (κ1) is 30.8. The van der Waals surface area contributed by atoms with Crippen molar-refractivity contribution in [2.24, 2.45) is 0 Å². The molecule has 1 atom stereocenters. The number of aliphatic carboxylic acids is 1. The van der Waals surface area contributed by atoms with Crippen LogP contribution in [0.15, 0.2) is 24.3 Å². The summed E-state index contributed by atoms with van der Waals surface area (Å²) in [7, 11) is -11.3. The number of hydrogen-bond donors (Lipinski definition) is 7. The van der Waals surface area contributed by atoms with Gasteiger partial charge >= 0.3 is 21.2 Å². The van der Waals surface area contributed by atoms with Crippen molar-refractivity contribution in [3.8, 4) is 0 Å². The molecule has 0 aliphatic rings. The number of nitrogens with one attached hydrogen (secondary N) is 1. The Bertz CT molecular complexity index is 894. The van der Waals surface area contributed by atoms with Gasteiger partial charge < -0.3 is 40.0 Å². The third-order valence-electron chi connectivity index (χ3n) is 4.93. The maximum absolute atomic E-state index is 12.1. The summed E-state index contributed by atoms with van der Waals surface area (Å²) in [5.41, 5.74) is 1.44. The summed E-state index contributed by atoms with van der Waals surface area (Å²) in [6.45, 7) is 1.14. The standard InChI is InChI=1S/C18H28Cl2N2O10P2/c19-8-10-22(11-9-20)14-5-3-13(4-6-14)12-15(17(24)25)21-16(23)2-1-7-18(26,33(27,28)29)34(30,31)32/h3-6,15,26H,1-2,7-12H2,(H,21,23)(H,24,25)(H2,27,28,29)(H2,30,31,32)/t15-/m0/s1. The van der Waals surface area contributed by atoms with Crippen LogP contribution in [0.1, 0.15) is 24.8 Å². The summed E-state index contributed by atoms with van der Waals surface area (Å²) in [5.74, 6) is -1.37. The number of carbonyl (C=O) groups excluding carboxylic acids is 1. The molecule has 0 fully saturated rings. The first-order valence-electron chi connectivity index (χ1n) is 9.98. The number of benzene rings is 1. The number of anilines is 1. The molecule has 0 aliphatic heterocycles. The minimum Gasteiger partial charge on any atom is -0.480 e. The van der Waals surface area contributed by atoms with Crippen LogP contribution in [-0.4, -0.2) is 77.6 Å². The second-order valence-electron chi connectivity index (χ2n) is 7.41. The highest BCUT2D eigenvalue weighted by Crippen LogP contribution is 2.69. The molecular weight excluding hydrogens is 537 g/mol. The SMILES string of the molecule is O=C(CCCC(O)(P(=O)(O)O)P(=O)(O)O)N[C@@H](Cc1ccc(N(CCCl)CCCl)cc1)C(=O)O. The zero-order valence-corrected chi connectivity index (χ0v) is 21.3. The highest BCUT2D eigenvalue weighted by atomic mass is 35.5. The van der Waals surface area contributed by atoms with Crippen molar-refractivity contribution < 1.29 is 48.5 Å². The molecule has 0 heterocycles. The van der Waals surface area contributed by atoms with E-state index in [4.69, 9.17) is 42.8 Å². The fourth-order valence-corrected chi connectivity index (χ4v) is 5.73. The average Bonchev–Trinajstić information content (AvgIpc) is 2.72. The van der Waals surface area contributed by atoms with E-state index in [2.05, 4.69) is 5.32 Å². The quantitative estimate of drug-likeness (QED) is 0.119. The van der Waals surface area contributed by atoms with E-state index < -0.39 is 57.5 Å². The van der Waals surface area contributed by atoms with Crippen LogP contribution in [0.3, 0.4) is 0 Å². The Kier molecular flexibility index (Phi) is 12.0. The lowest BCUT2D eigenvalue weighted by Gasteiger charge is -2.29. The maximum Gasteiger partial charge on any atom is 0.369 e. The fraction of sp³-hybridized carbons (Fsp3) is 0.556. The van der Waals surface area contributed by atoms with Gasteiger partial charge in [0, 0.05) is 49.8 Å². The maximum atomic E-state index is 12.1. The van der Waals surface area contributed by atoms with E-state index in [1.807, 2.05) is 4.90 Å². The van der Waals surface area contributed by atoms with Gasteiger partial charge in [-0.25, -0.2) is 4.79 Å². The highest BCUT2D eigenvalue weighted by Gasteiger charge is 2.58. The monoisotopic (exact) mass is 564 g/mol. The molecule has 34 heavy (non-hydrogen) atoms. The van der Waals surface area contributed by atoms with Gasteiger partial charge in [0.1, 0.15) is 6.04 Å². The van der Waals surface area contributed by atoms with Gasteiger partial charge in [0.25, 0.3) is 5.08 Å². The second kappa shape index (κ2) is 13.2. The smallest absolute Gasteiger partial charge is 0.369 e. The van der Waals surface area contributed by atoms with E-state index in [-0.39, 0.29) is 6.42 Å². The number of halogens is 2. The molecule has 0 unspecified atom stereocenters. The van der Waals surface area contributed by atoms with Gasteiger partial charge in [-0.1, -0.05) is 12.1 Å². The first-order chi connectivity index (χ1) is 15.7. The Balaban J connectivity index is 2.77. The Morgan fingerprint density at radius 3 is 1.91 bits per heavy atom. The molecule has 7 N–H and O–H groups in total. The first-order valence-corrected chi connectivity index (χ1v) is 14.3. The number of nitrogens with zero attached hydrogens (tertiary/aromatic N) is 1. The third-order valence-corrected chi connectivity index (χ3v) is 9.15. The van der Waals surface area contributed by atoms with Gasteiger partial charge in [0.15, 0.2) is 0 Å². The normalized spacial score (nSPS) is 13.4. The molecule has 1 amide bonds. The van der Waals surface area contributed by atoms with Gasteiger partial charge in [0.05, 0.1) is 0 Å².